The molecule has 1 heterocycles. The number of hydrogen-bond acceptors (Lipinski definition) is 3. The van der Waals surface area contributed by atoms with E-state index >= 15 is 0 Å². The van der Waals surface area contributed by atoms with Gasteiger partial charge < -0.3 is 10.1 Å². The summed E-state index contributed by atoms with van der Waals surface area (Å²) in [5, 5.41) is 3.32. The van der Waals surface area contributed by atoms with Gasteiger partial charge in [0.05, 0.1) is 7.11 Å². The minimum atomic E-state index is 0.138. The minimum Gasteiger partial charge on any atom is -0.481 e. The molecule has 1 saturated carbocycles. The van der Waals surface area contributed by atoms with Crippen molar-refractivity contribution in [3.05, 3.63) is 23.9 Å². The lowest BCUT2D eigenvalue weighted by atomic mass is 10.1. The molecule has 1 aromatic rings. The van der Waals surface area contributed by atoms with Crippen LogP contribution < -0.4 is 10.1 Å². The molecule has 3 nitrogen and oxygen atoms in total. The second-order valence-corrected chi connectivity index (χ2v) is 3.39. The summed E-state index contributed by atoms with van der Waals surface area (Å²) in [6.07, 6.45) is 4.10. The van der Waals surface area contributed by atoms with E-state index in [0.29, 0.717) is 0 Å². The molecule has 1 N–H and O–H groups in total. The van der Waals surface area contributed by atoms with E-state index in [2.05, 4.69) is 16.4 Å². The van der Waals surface area contributed by atoms with Gasteiger partial charge in [0.15, 0.2) is 0 Å². The van der Waals surface area contributed by atoms with Gasteiger partial charge in [-0.1, -0.05) is 6.07 Å². The zero-order valence-electron chi connectivity index (χ0n) is 8.00. The van der Waals surface area contributed by atoms with Crippen LogP contribution in [0.1, 0.15) is 18.4 Å². The Labute approximate surface area is 78.1 Å². The first kappa shape index (κ1) is 8.51. The molecule has 1 aliphatic carbocycles. The fourth-order valence-corrected chi connectivity index (χ4v) is 1.70. The molecule has 1 aliphatic rings. The number of nitrogens with one attached hydrogen (secondary N) is 1. The first-order chi connectivity index (χ1) is 6.32. The number of nitrogens with zero attached hydrogens (tertiary/aromatic N) is 1. The van der Waals surface area contributed by atoms with Gasteiger partial charge in [-0.05, 0) is 26.0 Å². The van der Waals surface area contributed by atoms with Crippen molar-refractivity contribution in [2.45, 2.75) is 18.4 Å². The van der Waals surface area contributed by atoms with Gasteiger partial charge in [0.1, 0.15) is 0 Å². The van der Waals surface area contributed by atoms with Crippen molar-refractivity contribution < 1.29 is 4.74 Å². The van der Waals surface area contributed by atoms with Gasteiger partial charge in [0.25, 0.3) is 0 Å². The summed E-state index contributed by atoms with van der Waals surface area (Å²) in [5.74, 6) is 0.745. The monoisotopic (exact) mass is 178 g/mol. The largest absolute Gasteiger partial charge is 0.481 e. The molecule has 0 spiro atoms. The van der Waals surface area contributed by atoms with Crippen LogP contribution in [-0.2, 0) is 5.54 Å². The summed E-state index contributed by atoms with van der Waals surface area (Å²) in [7, 11) is 3.65. The molecule has 0 unspecified atom stereocenters. The summed E-state index contributed by atoms with van der Waals surface area (Å²) in [5.41, 5.74) is 1.32. The van der Waals surface area contributed by atoms with Crippen molar-refractivity contribution in [2.24, 2.45) is 0 Å². The highest BCUT2D eigenvalue weighted by Gasteiger charge is 2.45. The van der Waals surface area contributed by atoms with Crippen molar-refractivity contribution >= 4 is 0 Å². The molecule has 1 fully saturated rings. The van der Waals surface area contributed by atoms with Crippen LogP contribution in [0.25, 0.3) is 0 Å². The summed E-state index contributed by atoms with van der Waals surface area (Å²) in [6.45, 7) is 0. The number of aromatic nitrogens is 1. The van der Waals surface area contributed by atoms with Gasteiger partial charge in [-0.2, -0.15) is 0 Å². The van der Waals surface area contributed by atoms with Crippen LogP contribution in [0.3, 0.4) is 0 Å². The number of pyridine rings is 1. The highest BCUT2D eigenvalue weighted by atomic mass is 16.5. The topological polar surface area (TPSA) is 34.2 Å². The van der Waals surface area contributed by atoms with Crippen molar-refractivity contribution in [1.82, 2.24) is 10.3 Å². The Hall–Kier alpha value is -1.09. The fraction of sp³-hybridized carbons (Fsp3) is 0.500. The Kier molecular flexibility index (Phi) is 1.96. The van der Waals surface area contributed by atoms with Gasteiger partial charge in [-0.15, -0.1) is 0 Å². The summed E-state index contributed by atoms with van der Waals surface area (Å²) >= 11 is 0. The van der Waals surface area contributed by atoms with E-state index in [1.807, 2.05) is 13.1 Å². The van der Waals surface area contributed by atoms with Crippen molar-refractivity contribution in [2.75, 3.05) is 14.2 Å². The molecule has 1 aromatic heterocycles. The lowest BCUT2D eigenvalue weighted by molar-refractivity contribution is 0.382. The third kappa shape index (κ3) is 1.29. The quantitative estimate of drug-likeness (QED) is 0.757. The van der Waals surface area contributed by atoms with Crippen LogP contribution in [-0.4, -0.2) is 19.1 Å². The Morgan fingerprint density at radius 3 is 2.85 bits per heavy atom. The fourth-order valence-electron chi connectivity index (χ4n) is 1.70. The Bertz CT molecular complexity index is 308. The van der Waals surface area contributed by atoms with Gasteiger partial charge in [0, 0.05) is 17.3 Å². The molecule has 2 rings (SSSR count). The third-order valence-electron chi connectivity index (χ3n) is 2.71. The highest BCUT2D eigenvalue weighted by molar-refractivity contribution is 5.37. The van der Waals surface area contributed by atoms with Crippen molar-refractivity contribution in [3.8, 4) is 5.88 Å². The average molecular weight is 178 g/mol. The minimum absolute atomic E-state index is 0.138. The standard InChI is InChI=1S/C10H14N2O/c1-11-10(5-6-10)8-4-3-7-12-9(8)13-2/h3-4,7,11H,5-6H2,1-2H3. The van der Waals surface area contributed by atoms with Gasteiger partial charge in [-0.3, -0.25) is 0 Å². The second-order valence-electron chi connectivity index (χ2n) is 3.39. The first-order valence-electron chi connectivity index (χ1n) is 4.51. The van der Waals surface area contributed by atoms with Crippen LogP contribution in [0, 0.1) is 0 Å². The van der Waals surface area contributed by atoms with Crippen LogP contribution >= 0.6 is 0 Å². The Morgan fingerprint density at radius 2 is 2.31 bits per heavy atom. The first-order valence-corrected chi connectivity index (χ1v) is 4.51. The third-order valence-corrected chi connectivity index (χ3v) is 2.71. The summed E-state index contributed by atoms with van der Waals surface area (Å²) < 4.78 is 5.22. The van der Waals surface area contributed by atoms with Crippen LogP contribution in [0.4, 0.5) is 0 Å². The van der Waals surface area contributed by atoms with Gasteiger partial charge >= 0.3 is 0 Å². The molecule has 3 heteroatoms. The zero-order chi connectivity index (χ0) is 9.31. The molecular weight excluding hydrogens is 164 g/mol. The van der Waals surface area contributed by atoms with E-state index in [1.54, 1.807) is 13.3 Å². The zero-order valence-corrected chi connectivity index (χ0v) is 8.00. The highest BCUT2D eigenvalue weighted by Crippen LogP contribution is 2.47. The summed E-state index contributed by atoms with van der Waals surface area (Å²) in [6, 6.07) is 4.03. The molecule has 13 heavy (non-hydrogen) atoms. The molecule has 0 aromatic carbocycles. The molecular formula is C10H14N2O. The maximum absolute atomic E-state index is 5.22. The summed E-state index contributed by atoms with van der Waals surface area (Å²) in [4.78, 5) is 4.19. The molecule has 0 radical (unpaired) electrons. The van der Waals surface area contributed by atoms with Crippen molar-refractivity contribution in [3.63, 3.8) is 0 Å². The normalized spacial score (nSPS) is 18.3. The van der Waals surface area contributed by atoms with E-state index in [-0.39, 0.29) is 5.54 Å². The lowest BCUT2D eigenvalue weighted by Gasteiger charge is -2.16. The van der Waals surface area contributed by atoms with E-state index < -0.39 is 0 Å². The molecule has 0 aliphatic heterocycles. The molecule has 70 valence electrons. The molecule has 0 bridgehead atoms. The van der Waals surface area contributed by atoms with Gasteiger partial charge in [-0.25, -0.2) is 4.98 Å². The maximum atomic E-state index is 5.22. The molecule has 0 atom stereocenters. The van der Waals surface area contributed by atoms with E-state index in [0.717, 1.165) is 5.88 Å². The van der Waals surface area contributed by atoms with Crippen LogP contribution in [0.2, 0.25) is 0 Å². The molecule has 0 saturated heterocycles. The second kappa shape index (κ2) is 3.00. The lowest BCUT2D eigenvalue weighted by Crippen LogP contribution is -2.25. The predicted molar refractivity (Wildman–Crippen MR) is 50.8 cm³/mol. The number of rotatable bonds is 3. The number of ether oxygens (including phenoxy) is 1. The Morgan fingerprint density at radius 1 is 1.54 bits per heavy atom. The SMILES string of the molecule is CNC1(c2cccnc2OC)CC1. The number of hydrogen-bond donors (Lipinski definition) is 1. The number of methoxy groups -OCH3 is 1. The van der Waals surface area contributed by atoms with Crippen LogP contribution in [0.15, 0.2) is 18.3 Å². The van der Waals surface area contributed by atoms with Gasteiger partial charge in [0.2, 0.25) is 5.88 Å². The predicted octanol–water partition coefficient (Wildman–Crippen LogP) is 1.30. The molecule has 0 amide bonds. The van der Waals surface area contributed by atoms with Crippen molar-refractivity contribution in [1.29, 1.82) is 0 Å². The Balaban J connectivity index is 2.39. The van der Waals surface area contributed by atoms with E-state index in [4.69, 9.17) is 4.74 Å². The van der Waals surface area contributed by atoms with Crippen LogP contribution in [0.5, 0.6) is 5.88 Å². The maximum Gasteiger partial charge on any atom is 0.218 e. The van der Waals surface area contributed by atoms with E-state index in [1.165, 1.54) is 18.4 Å². The van der Waals surface area contributed by atoms with E-state index in [9.17, 15) is 0 Å². The average Bonchev–Trinajstić information content (AvgIpc) is 2.98. The smallest absolute Gasteiger partial charge is 0.218 e.